The van der Waals surface area contributed by atoms with Gasteiger partial charge < -0.3 is 14.4 Å². The van der Waals surface area contributed by atoms with Gasteiger partial charge in [-0.2, -0.15) is 0 Å². The lowest BCUT2D eigenvalue weighted by Crippen LogP contribution is -2.23. The Morgan fingerprint density at radius 2 is 2.25 bits per heavy atom. The molecule has 0 radical (unpaired) electrons. The van der Waals surface area contributed by atoms with E-state index in [9.17, 15) is 5.11 Å². The average Bonchev–Trinajstić information content (AvgIpc) is 3.11. The van der Waals surface area contributed by atoms with Gasteiger partial charge in [0.05, 0.1) is 12.9 Å². The van der Waals surface area contributed by atoms with Crippen molar-refractivity contribution < 1.29 is 9.84 Å². The summed E-state index contributed by atoms with van der Waals surface area (Å²) in [5.74, 6) is 1.14. The van der Waals surface area contributed by atoms with Crippen molar-refractivity contribution in [1.82, 2.24) is 19.5 Å². The van der Waals surface area contributed by atoms with Crippen molar-refractivity contribution >= 4 is 22.8 Å². The molecule has 2 aromatic rings. The van der Waals surface area contributed by atoms with Crippen molar-refractivity contribution in [3.8, 4) is 0 Å². The number of hydrogen-bond acceptors (Lipinski definition) is 5. The zero-order valence-electron chi connectivity index (χ0n) is 10.8. The van der Waals surface area contributed by atoms with Crippen LogP contribution in [0.4, 0.5) is 0 Å². The number of halogens is 1. The van der Waals surface area contributed by atoms with E-state index >= 15 is 0 Å². The van der Waals surface area contributed by atoms with Crippen molar-refractivity contribution in [1.29, 1.82) is 0 Å². The van der Waals surface area contributed by atoms with Crippen LogP contribution in [0, 0.1) is 17.8 Å². The van der Waals surface area contributed by atoms with Gasteiger partial charge in [-0.25, -0.2) is 15.0 Å². The minimum absolute atomic E-state index is 0.160. The second-order valence-electron chi connectivity index (χ2n) is 5.60. The van der Waals surface area contributed by atoms with E-state index in [4.69, 9.17) is 16.3 Å². The molecule has 0 aromatic carbocycles. The van der Waals surface area contributed by atoms with Gasteiger partial charge in [-0.3, -0.25) is 0 Å². The lowest BCUT2D eigenvalue weighted by molar-refractivity contribution is 0.118. The van der Waals surface area contributed by atoms with Gasteiger partial charge in [0.25, 0.3) is 0 Å². The van der Waals surface area contributed by atoms with Crippen molar-refractivity contribution in [2.24, 2.45) is 17.8 Å². The maximum Gasteiger partial charge on any atom is 0.165 e. The highest BCUT2D eigenvalue weighted by atomic mass is 35.5. The second kappa shape index (κ2) is 4.65. The fourth-order valence-corrected chi connectivity index (χ4v) is 3.92. The van der Waals surface area contributed by atoms with Crippen LogP contribution in [0.2, 0.25) is 5.15 Å². The summed E-state index contributed by atoms with van der Waals surface area (Å²) in [7, 11) is 0. The number of aromatic nitrogens is 4. The normalized spacial score (nSPS) is 32.9. The number of nitrogens with zero attached hydrogens (tertiary/aromatic N) is 4. The molecular formula is C13H15ClN4O2. The number of rotatable bonds is 2. The highest BCUT2D eigenvalue weighted by molar-refractivity contribution is 6.33. The van der Waals surface area contributed by atoms with Crippen molar-refractivity contribution in [3.05, 3.63) is 17.8 Å². The standard InChI is InChI=1S/C13H15ClN4O2/c14-12-11-13(16-5-15-12)18(6-17-11)10-1-7-3-20-4-9(7)8(10)2-19/h5-10,19H,1-4H2/t7-,8-,9+,10-/m0/s1. The van der Waals surface area contributed by atoms with Crippen LogP contribution >= 0.6 is 11.6 Å². The van der Waals surface area contributed by atoms with Gasteiger partial charge in [0.2, 0.25) is 0 Å². The molecule has 0 unspecified atom stereocenters. The zero-order valence-corrected chi connectivity index (χ0v) is 11.6. The number of imidazole rings is 1. The summed E-state index contributed by atoms with van der Waals surface area (Å²) in [6, 6.07) is 0.204. The number of hydrogen-bond donors (Lipinski definition) is 1. The van der Waals surface area contributed by atoms with Crippen LogP contribution in [0.25, 0.3) is 11.2 Å². The minimum atomic E-state index is 0.160. The first-order chi connectivity index (χ1) is 9.79. The van der Waals surface area contributed by atoms with Gasteiger partial charge in [0, 0.05) is 25.2 Å². The maximum absolute atomic E-state index is 9.76. The first kappa shape index (κ1) is 12.5. The van der Waals surface area contributed by atoms with E-state index in [1.54, 1.807) is 6.33 Å². The molecule has 0 spiro atoms. The third kappa shape index (κ3) is 1.68. The van der Waals surface area contributed by atoms with E-state index in [0.717, 1.165) is 25.3 Å². The SMILES string of the molecule is OC[C@H]1[C@@H]2COC[C@@H]2C[C@@H]1n1cnc2c(Cl)ncnc21. The van der Waals surface area contributed by atoms with E-state index in [2.05, 4.69) is 15.0 Å². The van der Waals surface area contributed by atoms with Crippen LogP contribution < -0.4 is 0 Å². The van der Waals surface area contributed by atoms with Crippen molar-refractivity contribution in [3.63, 3.8) is 0 Å². The van der Waals surface area contributed by atoms with E-state index < -0.39 is 0 Å². The molecule has 1 saturated heterocycles. The van der Waals surface area contributed by atoms with E-state index in [0.29, 0.717) is 22.5 Å². The van der Waals surface area contributed by atoms with E-state index in [1.165, 1.54) is 6.33 Å². The molecule has 2 fully saturated rings. The molecule has 6 nitrogen and oxygen atoms in total. The Bertz CT molecular complexity index is 646. The second-order valence-corrected chi connectivity index (χ2v) is 5.96. The fourth-order valence-electron chi connectivity index (χ4n) is 3.74. The predicted molar refractivity (Wildman–Crippen MR) is 72.4 cm³/mol. The molecule has 2 aliphatic rings. The summed E-state index contributed by atoms with van der Waals surface area (Å²) in [5.41, 5.74) is 1.37. The van der Waals surface area contributed by atoms with Crippen LogP contribution in [-0.2, 0) is 4.74 Å². The first-order valence-corrected chi connectivity index (χ1v) is 7.19. The summed E-state index contributed by atoms with van der Waals surface area (Å²) in [4.78, 5) is 12.6. The molecule has 1 saturated carbocycles. The smallest absolute Gasteiger partial charge is 0.165 e. The molecule has 20 heavy (non-hydrogen) atoms. The van der Waals surface area contributed by atoms with Crippen LogP contribution in [0.1, 0.15) is 12.5 Å². The van der Waals surface area contributed by atoms with Crippen LogP contribution in [0.3, 0.4) is 0 Å². The average molecular weight is 295 g/mol. The van der Waals surface area contributed by atoms with Gasteiger partial charge in [0.15, 0.2) is 10.8 Å². The molecule has 1 aliphatic heterocycles. The molecule has 1 N–H and O–H groups in total. The molecule has 3 heterocycles. The van der Waals surface area contributed by atoms with Crippen LogP contribution in [-0.4, -0.2) is 44.4 Å². The quantitative estimate of drug-likeness (QED) is 0.845. The predicted octanol–water partition coefficient (Wildman–Crippen LogP) is 1.30. The molecule has 0 amide bonds. The number of aliphatic hydroxyl groups excluding tert-OH is 1. The summed E-state index contributed by atoms with van der Waals surface area (Å²) in [5, 5.41) is 10.1. The van der Waals surface area contributed by atoms with E-state index in [-0.39, 0.29) is 18.6 Å². The molecule has 2 aromatic heterocycles. The molecule has 0 bridgehead atoms. The van der Waals surface area contributed by atoms with Crippen LogP contribution in [0.15, 0.2) is 12.7 Å². The Morgan fingerprint density at radius 3 is 3.10 bits per heavy atom. The summed E-state index contributed by atoms with van der Waals surface area (Å²) < 4.78 is 7.58. The van der Waals surface area contributed by atoms with Gasteiger partial charge in [-0.15, -0.1) is 0 Å². The zero-order chi connectivity index (χ0) is 13.7. The molecule has 1 aliphatic carbocycles. The molecule has 106 valence electrons. The van der Waals surface area contributed by atoms with Gasteiger partial charge in [-0.05, 0) is 18.3 Å². The Morgan fingerprint density at radius 1 is 1.35 bits per heavy atom. The number of aliphatic hydroxyl groups is 1. The third-order valence-electron chi connectivity index (χ3n) is 4.72. The van der Waals surface area contributed by atoms with Gasteiger partial charge in [0.1, 0.15) is 11.8 Å². The van der Waals surface area contributed by atoms with Crippen molar-refractivity contribution in [2.75, 3.05) is 19.8 Å². The topological polar surface area (TPSA) is 73.1 Å². The molecule has 4 rings (SSSR count). The summed E-state index contributed by atoms with van der Waals surface area (Å²) >= 11 is 6.05. The highest BCUT2D eigenvalue weighted by Gasteiger charge is 2.47. The molecule has 7 heteroatoms. The number of fused-ring (bicyclic) bond motifs is 2. The fraction of sp³-hybridized carbons (Fsp3) is 0.615. The molecule has 4 atom stereocenters. The summed E-state index contributed by atoms with van der Waals surface area (Å²) in [6.07, 6.45) is 4.21. The maximum atomic E-state index is 9.76. The summed E-state index contributed by atoms with van der Waals surface area (Å²) in [6.45, 7) is 1.70. The third-order valence-corrected chi connectivity index (χ3v) is 4.99. The van der Waals surface area contributed by atoms with Crippen LogP contribution in [0.5, 0.6) is 0 Å². The Balaban J connectivity index is 1.77. The number of ether oxygens (including phenoxy) is 1. The highest BCUT2D eigenvalue weighted by Crippen LogP contribution is 2.48. The largest absolute Gasteiger partial charge is 0.396 e. The minimum Gasteiger partial charge on any atom is -0.396 e. The van der Waals surface area contributed by atoms with E-state index in [1.807, 2.05) is 4.57 Å². The lowest BCUT2D eigenvalue weighted by atomic mass is 9.92. The molecular weight excluding hydrogens is 280 g/mol. The Kier molecular flexibility index (Phi) is 2.90. The van der Waals surface area contributed by atoms with Gasteiger partial charge in [-0.1, -0.05) is 11.6 Å². The monoisotopic (exact) mass is 294 g/mol. The lowest BCUT2D eigenvalue weighted by Gasteiger charge is -2.22. The van der Waals surface area contributed by atoms with Crippen molar-refractivity contribution in [2.45, 2.75) is 12.5 Å². The Labute approximate surface area is 120 Å². The van der Waals surface area contributed by atoms with Gasteiger partial charge >= 0.3 is 0 Å². The first-order valence-electron chi connectivity index (χ1n) is 6.81. The Hall–Kier alpha value is -1.24.